The van der Waals surface area contributed by atoms with Crippen LogP contribution in [-0.2, 0) is 0 Å². The summed E-state index contributed by atoms with van der Waals surface area (Å²) in [4.78, 5) is 0. The molecule has 2 fully saturated rings. The SMILES string of the molecule is O[C@@]1(C(F)(F)F)C[C@H]2CC[C@@H]1C2. The first-order valence-electron chi connectivity index (χ1n) is 4.22. The van der Waals surface area contributed by atoms with Crippen molar-refractivity contribution in [2.24, 2.45) is 11.8 Å². The van der Waals surface area contributed by atoms with Crippen LogP contribution in [0.5, 0.6) is 0 Å². The second kappa shape index (κ2) is 2.16. The van der Waals surface area contributed by atoms with Crippen molar-refractivity contribution in [1.29, 1.82) is 0 Å². The number of hydrogen-bond acceptors (Lipinski definition) is 1. The van der Waals surface area contributed by atoms with Gasteiger partial charge in [-0.3, -0.25) is 0 Å². The topological polar surface area (TPSA) is 20.2 Å². The minimum absolute atomic E-state index is 0.0683. The van der Waals surface area contributed by atoms with Crippen molar-refractivity contribution in [3.8, 4) is 0 Å². The van der Waals surface area contributed by atoms with Gasteiger partial charge in [0.1, 0.15) is 0 Å². The van der Waals surface area contributed by atoms with E-state index < -0.39 is 17.7 Å². The van der Waals surface area contributed by atoms with Crippen LogP contribution in [0, 0.1) is 11.8 Å². The van der Waals surface area contributed by atoms with Crippen LogP contribution >= 0.6 is 0 Å². The lowest BCUT2D eigenvalue weighted by molar-refractivity contribution is -0.276. The lowest BCUT2D eigenvalue weighted by Crippen LogP contribution is -2.49. The van der Waals surface area contributed by atoms with Crippen LogP contribution in [0.3, 0.4) is 0 Å². The molecular formula is C8H11F3O. The molecule has 3 atom stereocenters. The molecule has 0 amide bonds. The molecule has 1 N–H and O–H groups in total. The Morgan fingerprint density at radius 3 is 2.17 bits per heavy atom. The van der Waals surface area contributed by atoms with Gasteiger partial charge >= 0.3 is 6.18 Å². The molecule has 4 heteroatoms. The average Bonchev–Trinajstić information content (AvgIpc) is 2.43. The van der Waals surface area contributed by atoms with E-state index >= 15 is 0 Å². The maximum atomic E-state index is 12.4. The predicted molar refractivity (Wildman–Crippen MR) is 36.5 cm³/mol. The van der Waals surface area contributed by atoms with Gasteiger partial charge in [0.15, 0.2) is 5.60 Å². The molecule has 0 heterocycles. The maximum Gasteiger partial charge on any atom is 0.417 e. The van der Waals surface area contributed by atoms with Gasteiger partial charge in [-0.2, -0.15) is 13.2 Å². The molecule has 2 rings (SSSR count). The number of hydrogen-bond donors (Lipinski definition) is 1. The fourth-order valence-electron chi connectivity index (χ4n) is 2.65. The number of aliphatic hydroxyl groups is 1. The molecule has 0 aromatic rings. The molecule has 2 aliphatic rings. The van der Waals surface area contributed by atoms with E-state index in [4.69, 9.17) is 0 Å². The molecule has 0 spiro atoms. The Balaban J connectivity index is 2.23. The summed E-state index contributed by atoms with van der Waals surface area (Å²) in [5, 5.41) is 9.39. The summed E-state index contributed by atoms with van der Waals surface area (Å²) in [5.74, 6) is -0.413. The molecule has 0 aromatic carbocycles. The maximum absolute atomic E-state index is 12.4. The van der Waals surface area contributed by atoms with Crippen LogP contribution in [0.4, 0.5) is 13.2 Å². The summed E-state index contributed by atoms with van der Waals surface area (Å²) in [5.41, 5.74) is -2.35. The van der Waals surface area contributed by atoms with Crippen LogP contribution in [0.25, 0.3) is 0 Å². The molecule has 0 saturated heterocycles. The molecule has 2 aliphatic carbocycles. The van der Waals surface area contributed by atoms with Gasteiger partial charge in [-0.05, 0) is 37.5 Å². The summed E-state index contributed by atoms with van der Waals surface area (Å²) in [7, 11) is 0. The Morgan fingerprint density at radius 1 is 1.25 bits per heavy atom. The lowest BCUT2D eigenvalue weighted by atomic mass is 9.84. The molecule has 2 bridgehead atoms. The van der Waals surface area contributed by atoms with E-state index in [0.717, 1.165) is 6.42 Å². The zero-order chi connectivity index (χ0) is 8.98. The third-order valence-corrected chi connectivity index (χ3v) is 3.31. The molecule has 0 unspecified atom stereocenters. The van der Waals surface area contributed by atoms with E-state index in [1.54, 1.807) is 0 Å². The summed E-state index contributed by atoms with van der Waals surface area (Å²) >= 11 is 0. The predicted octanol–water partition coefficient (Wildman–Crippen LogP) is 2.10. The highest BCUT2D eigenvalue weighted by Crippen LogP contribution is 2.56. The van der Waals surface area contributed by atoms with E-state index in [1.807, 2.05) is 0 Å². The first-order valence-corrected chi connectivity index (χ1v) is 4.22. The second-order valence-electron chi connectivity index (χ2n) is 4.00. The van der Waals surface area contributed by atoms with Crippen LogP contribution in [0.2, 0.25) is 0 Å². The minimum atomic E-state index is -4.42. The number of rotatable bonds is 0. The summed E-state index contributed by atoms with van der Waals surface area (Å²) < 4.78 is 37.1. The van der Waals surface area contributed by atoms with Crippen molar-refractivity contribution in [1.82, 2.24) is 0 Å². The van der Waals surface area contributed by atoms with Crippen molar-refractivity contribution >= 4 is 0 Å². The number of halogens is 3. The quantitative estimate of drug-likeness (QED) is 0.605. The van der Waals surface area contributed by atoms with E-state index in [-0.39, 0.29) is 12.3 Å². The highest BCUT2D eigenvalue weighted by molar-refractivity contribution is 5.04. The fourth-order valence-corrected chi connectivity index (χ4v) is 2.65. The molecule has 0 aromatic heterocycles. The molecule has 12 heavy (non-hydrogen) atoms. The Morgan fingerprint density at radius 2 is 1.92 bits per heavy atom. The van der Waals surface area contributed by atoms with Crippen molar-refractivity contribution in [2.75, 3.05) is 0 Å². The molecule has 70 valence electrons. The Labute approximate surface area is 68.6 Å². The van der Waals surface area contributed by atoms with E-state index in [2.05, 4.69) is 0 Å². The van der Waals surface area contributed by atoms with E-state index in [1.165, 1.54) is 0 Å². The first-order chi connectivity index (χ1) is 5.43. The zero-order valence-electron chi connectivity index (χ0n) is 6.56. The molecular weight excluding hydrogens is 169 g/mol. The highest BCUT2D eigenvalue weighted by Gasteiger charge is 2.64. The largest absolute Gasteiger partial charge is 0.417 e. The second-order valence-corrected chi connectivity index (χ2v) is 4.00. The third kappa shape index (κ3) is 0.903. The number of fused-ring (bicyclic) bond motifs is 2. The van der Waals surface area contributed by atoms with Crippen LogP contribution in [0.1, 0.15) is 25.7 Å². The van der Waals surface area contributed by atoms with Gasteiger partial charge in [-0.15, -0.1) is 0 Å². The first kappa shape index (κ1) is 8.35. The zero-order valence-corrected chi connectivity index (χ0v) is 6.56. The van der Waals surface area contributed by atoms with Gasteiger partial charge < -0.3 is 5.11 Å². The van der Waals surface area contributed by atoms with Crippen LogP contribution in [0.15, 0.2) is 0 Å². The Kier molecular flexibility index (Phi) is 1.50. The van der Waals surface area contributed by atoms with Gasteiger partial charge in [0, 0.05) is 0 Å². The van der Waals surface area contributed by atoms with Crippen molar-refractivity contribution in [3.63, 3.8) is 0 Å². The lowest BCUT2D eigenvalue weighted by Gasteiger charge is -2.34. The monoisotopic (exact) mass is 180 g/mol. The van der Waals surface area contributed by atoms with Crippen molar-refractivity contribution in [3.05, 3.63) is 0 Å². The molecule has 1 nitrogen and oxygen atoms in total. The minimum Gasteiger partial charge on any atom is -0.380 e. The molecule has 2 saturated carbocycles. The van der Waals surface area contributed by atoms with Gasteiger partial charge in [0.25, 0.3) is 0 Å². The third-order valence-electron chi connectivity index (χ3n) is 3.31. The summed E-state index contributed by atoms with van der Waals surface area (Å²) in [6, 6.07) is 0. The fraction of sp³-hybridized carbons (Fsp3) is 1.00. The normalized spacial score (nSPS) is 47.0. The van der Waals surface area contributed by atoms with E-state index in [0.29, 0.717) is 12.8 Å². The van der Waals surface area contributed by atoms with Gasteiger partial charge in [-0.1, -0.05) is 0 Å². The van der Waals surface area contributed by atoms with Crippen LogP contribution in [-0.4, -0.2) is 16.9 Å². The molecule has 0 aliphatic heterocycles. The van der Waals surface area contributed by atoms with E-state index in [9.17, 15) is 18.3 Å². The smallest absolute Gasteiger partial charge is 0.380 e. The van der Waals surface area contributed by atoms with Crippen molar-refractivity contribution < 1.29 is 18.3 Å². The average molecular weight is 180 g/mol. The Bertz CT molecular complexity index is 201. The van der Waals surface area contributed by atoms with Crippen molar-refractivity contribution in [2.45, 2.75) is 37.5 Å². The highest BCUT2D eigenvalue weighted by atomic mass is 19.4. The number of alkyl halides is 3. The summed E-state index contributed by atoms with van der Waals surface area (Å²) in [6.07, 6.45) is -2.52. The van der Waals surface area contributed by atoms with Gasteiger partial charge in [-0.25, -0.2) is 0 Å². The Hall–Kier alpha value is -0.250. The van der Waals surface area contributed by atoms with Gasteiger partial charge in [0.05, 0.1) is 0 Å². The standard InChI is InChI=1S/C8H11F3O/c9-8(10,11)7(12)4-5-1-2-6(7)3-5/h5-6,12H,1-4H2/t5-,6+,7-/m0/s1. The van der Waals surface area contributed by atoms with Crippen LogP contribution < -0.4 is 0 Å². The van der Waals surface area contributed by atoms with Gasteiger partial charge in [0.2, 0.25) is 0 Å². The summed E-state index contributed by atoms with van der Waals surface area (Å²) in [6.45, 7) is 0. The molecule has 0 radical (unpaired) electrons.